The molecule has 5 nitrogen and oxygen atoms in total. The molecular weight excluding hydrogens is 216 g/mol. The second-order valence-corrected chi connectivity index (χ2v) is 4.82. The number of rotatable bonds is 2. The summed E-state index contributed by atoms with van der Waals surface area (Å²) in [5.74, 6) is 1.01. The van der Waals surface area contributed by atoms with Gasteiger partial charge in [0.15, 0.2) is 0 Å². The first-order valence-electron chi connectivity index (χ1n) is 6.17. The maximum absolute atomic E-state index is 9.18. The summed E-state index contributed by atoms with van der Waals surface area (Å²) >= 11 is 0. The van der Waals surface area contributed by atoms with Gasteiger partial charge in [-0.2, -0.15) is 10.4 Å². The molecule has 5 heteroatoms. The molecule has 17 heavy (non-hydrogen) atoms. The van der Waals surface area contributed by atoms with Crippen LogP contribution in [0.3, 0.4) is 0 Å². The topological polar surface area (TPSA) is 76.9 Å². The molecule has 0 amide bonds. The Labute approximate surface area is 100 Å². The van der Waals surface area contributed by atoms with E-state index in [4.69, 9.17) is 10.5 Å². The van der Waals surface area contributed by atoms with E-state index in [0.29, 0.717) is 23.3 Å². The van der Waals surface area contributed by atoms with Crippen molar-refractivity contribution in [2.75, 3.05) is 18.9 Å². The third kappa shape index (κ3) is 1.79. The minimum absolute atomic E-state index is 0.295. The van der Waals surface area contributed by atoms with Crippen molar-refractivity contribution in [3.8, 4) is 6.07 Å². The van der Waals surface area contributed by atoms with Crippen LogP contribution in [0.1, 0.15) is 48.9 Å². The highest BCUT2D eigenvalue weighted by atomic mass is 16.5. The molecule has 3 rings (SSSR count). The molecule has 1 aliphatic heterocycles. The number of nitrogens with zero attached hydrogens (tertiary/aromatic N) is 3. The number of nitrogens with two attached hydrogens (primary N) is 1. The van der Waals surface area contributed by atoms with Gasteiger partial charge in [-0.1, -0.05) is 0 Å². The Hall–Kier alpha value is -1.54. The van der Waals surface area contributed by atoms with Crippen LogP contribution in [0.15, 0.2) is 0 Å². The van der Waals surface area contributed by atoms with Crippen molar-refractivity contribution >= 4 is 5.82 Å². The second-order valence-electron chi connectivity index (χ2n) is 4.82. The van der Waals surface area contributed by atoms with Gasteiger partial charge in [-0.05, 0) is 25.7 Å². The first-order chi connectivity index (χ1) is 8.31. The van der Waals surface area contributed by atoms with Crippen LogP contribution in [-0.4, -0.2) is 23.0 Å². The zero-order chi connectivity index (χ0) is 11.8. The van der Waals surface area contributed by atoms with E-state index in [-0.39, 0.29) is 0 Å². The van der Waals surface area contributed by atoms with E-state index < -0.39 is 0 Å². The minimum Gasteiger partial charge on any atom is -0.383 e. The number of hydrogen-bond donors (Lipinski definition) is 1. The van der Waals surface area contributed by atoms with E-state index in [0.717, 1.165) is 44.6 Å². The molecule has 2 aliphatic rings. The van der Waals surface area contributed by atoms with Gasteiger partial charge in [-0.15, -0.1) is 0 Å². The van der Waals surface area contributed by atoms with Crippen LogP contribution < -0.4 is 5.73 Å². The van der Waals surface area contributed by atoms with Crippen molar-refractivity contribution in [2.45, 2.75) is 37.6 Å². The van der Waals surface area contributed by atoms with Crippen molar-refractivity contribution in [1.82, 2.24) is 9.78 Å². The summed E-state index contributed by atoms with van der Waals surface area (Å²) in [4.78, 5) is 0. The summed E-state index contributed by atoms with van der Waals surface area (Å²) < 4.78 is 7.19. The molecule has 1 saturated heterocycles. The van der Waals surface area contributed by atoms with Crippen LogP contribution in [0.5, 0.6) is 0 Å². The lowest BCUT2D eigenvalue weighted by Crippen LogP contribution is -2.21. The van der Waals surface area contributed by atoms with Crippen molar-refractivity contribution in [2.24, 2.45) is 0 Å². The monoisotopic (exact) mass is 232 g/mol. The smallest absolute Gasteiger partial charge is 0.140 e. The highest BCUT2D eigenvalue weighted by Gasteiger charge is 2.32. The molecule has 0 bridgehead atoms. The molecule has 0 spiro atoms. The minimum atomic E-state index is 0.295. The first-order valence-corrected chi connectivity index (χ1v) is 6.17. The number of anilines is 1. The Kier molecular flexibility index (Phi) is 2.52. The molecule has 0 aromatic carbocycles. The third-order valence-corrected chi connectivity index (χ3v) is 3.59. The second kappa shape index (κ2) is 4.04. The normalized spacial score (nSPS) is 21.4. The highest BCUT2D eigenvalue weighted by Crippen LogP contribution is 2.42. The predicted octanol–water partition coefficient (Wildman–Crippen LogP) is 1.57. The zero-order valence-electron chi connectivity index (χ0n) is 9.72. The Balaban J connectivity index is 1.96. The standard InChI is InChI=1S/C12H16N4O/c13-7-10-11(8-1-2-8)15-16(12(10)14)9-3-5-17-6-4-9/h8-9H,1-6,14H2. The lowest BCUT2D eigenvalue weighted by Gasteiger charge is -2.23. The van der Waals surface area contributed by atoms with Crippen molar-refractivity contribution in [3.05, 3.63) is 11.3 Å². The number of hydrogen-bond acceptors (Lipinski definition) is 4. The van der Waals surface area contributed by atoms with Gasteiger partial charge >= 0.3 is 0 Å². The molecule has 0 unspecified atom stereocenters. The number of aromatic nitrogens is 2. The summed E-state index contributed by atoms with van der Waals surface area (Å²) in [5, 5.41) is 13.8. The molecule has 1 aliphatic carbocycles. The van der Waals surface area contributed by atoms with Gasteiger partial charge in [-0.3, -0.25) is 0 Å². The quantitative estimate of drug-likeness (QED) is 0.839. The SMILES string of the molecule is N#Cc1c(C2CC2)nn(C2CCOCC2)c1N. The van der Waals surface area contributed by atoms with E-state index in [2.05, 4.69) is 11.2 Å². The Morgan fingerprint density at radius 2 is 2.00 bits per heavy atom. The molecule has 1 aromatic rings. The predicted molar refractivity (Wildman–Crippen MR) is 62.4 cm³/mol. The number of ether oxygens (including phenoxy) is 1. The van der Waals surface area contributed by atoms with Gasteiger partial charge in [-0.25, -0.2) is 4.68 Å². The van der Waals surface area contributed by atoms with Crippen molar-refractivity contribution < 1.29 is 4.74 Å². The average Bonchev–Trinajstić information content (AvgIpc) is 3.15. The first kappa shape index (κ1) is 10.6. The van der Waals surface area contributed by atoms with Crippen LogP contribution in [0.2, 0.25) is 0 Å². The van der Waals surface area contributed by atoms with Gasteiger partial charge < -0.3 is 10.5 Å². The Bertz CT molecular complexity index is 464. The van der Waals surface area contributed by atoms with Gasteiger partial charge in [0.2, 0.25) is 0 Å². The van der Waals surface area contributed by atoms with Gasteiger partial charge in [0.1, 0.15) is 17.5 Å². The molecular formula is C12H16N4O. The summed E-state index contributed by atoms with van der Waals surface area (Å²) in [6.07, 6.45) is 4.14. The van der Waals surface area contributed by atoms with E-state index in [1.54, 1.807) is 0 Å². The molecule has 90 valence electrons. The number of nitriles is 1. The largest absolute Gasteiger partial charge is 0.383 e. The van der Waals surface area contributed by atoms with Crippen LogP contribution in [-0.2, 0) is 4.74 Å². The van der Waals surface area contributed by atoms with Crippen molar-refractivity contribution in [1.29, 1.82) is 5.26 Å². The Morgan fingerprint density at radius 3 is 2.59 bits per heavy atom. The van der Waals surface area contributed by atoms with E-state index >= 15 is 0 Å². The van der Waals surface area contributed by atoms with Gasteiger partial charge in [0.05, 0.1) is 11.7 Å². The lowest BCUT2D eigenvalue weighted by molar-refractivity contribution is 0.0668. The molecule has 1 saturated carbocycles. The molecule has 0 radical (unpaired) electrons. The summed E-state index contributed by atoms with van der Waals surface area (Å²) in [5.41, 5.74) is 7.56. The fraction of sp³-hybridized carbons (Fsp3) is 0.667. The van der Waals surface area contributed by atoms with E-state index in [1.807, 2.05) is 4.68 Å². The maximum atomic E-state index is 9.18. The van der Waals surface area contributed by atoms with Gasteiger partial charge in [0, 0.05) is 19.1 Å². The summed E-state index contributed by atoms with van der Waals surface area (Å²) in [6.45, 7) is 1.51. The third-order valence-electron chi connectivity index (χ3n) is 3.59. The molecule has 2 fully saturated rings. The maximum Gasteiger partial charge on any atom is 0.140 e. The number of nitrogen functional groups attached to an aromatic ring is 1. The molecule has 2 heterocycles. The van der Waals surface area contributed by atoms with Crippen LogP contribution >= 0.6 is 0 Å². The van der Waals surface area contributed by atoms with Crippen LogP contribution in [0.4, 0.5) is 5.82 Å². The summed E-state index contributed by atoms with van der Waals surface area (Å²) in [7, 11) is 0. The molecule has 0 atom stereocenters. The fourth-order valence-electron chi connectivity index (χ4n) is 2.43. The fourth-order valence-corrected chi connectivity index (χ4v) is 2.43. The lowest BCUT2D eigenvalue weighted by atomic mass is 10.1. The zero-order valence-corrected chi connectivity index (χ0v) is 9.72. The van der Waals surface area contributed by atoms with Crippen LogP contribution in [0, 0.1) is 11.3 Å². The van der Waals surface area contributed by atoms with Crippen LogP contribution in [0.25, 0.3) is 0 Å². The average molecular weight is 232 g/mol. The van der Waals surface area contributed by atoms with E-state index in [1.165, 1.54) is 0 Å². The van der Waals surface area contributed by atoms with Crippen molar-refractivity contribution in [3.63, 3.8) is 0 Å². The molecule has 1 aromatic heterocycles. The van der Waals surface area contributed by atoms with E-state index in [9.17, 15) is 5.26 Å². The highest BCUT2D eigenvalue weighted by molar-refractivity contribution is 5.54. The summed E-state index contributed by atoms with van der Waals surface area (Å²) in [6, 6.07) is 2.50. The van der Waals surface area contributed by atoms with Gasteiger partial charge in [0.25, 0.3) is 0 Å². The Morgan fingerprint density at radius 1 is 1.29 bits per heavy atom. The molecule has 2 N–H and O–H groups in total.